The Morgan fingerprint density at radius 3 is 2.53 bits per heavy atom. The van der Waals surface area contributed by atoms with Crippen molar-refractivity contribution in [2.24, 2.45) is 0 Å². The minimum atomic E-state index is -0.806. The highest BCUT2D eigenvalue weighted by atomic mass is 16.5. The third-order valence-electron chi connectivity index (χ3n) is 3.18. The molecule has 19 heavy (non-hydrogen) atoms. The second kappa shape index (κ2) is 6.33. The monoisotopic (exact) mass is 262 g/mol. The number of benzene rings is 1. The first-order chi connectivity index (χ1) is 9.22. The molecule has 0 aromatic heterocycles. The molecule has 1 aliphatic rings. The molecule has 5 nitrogen and oxygen atoms in total. The summed E-state index contributed by atoms with van der Waals surface area (Å²) in [7, 11) is 1.23. The Labute approximate surface area is 112 Å². The number of hydrazine groups is 1. The second-order valence-electron chi connectivity index (χ2n) is 4.50. The van der Waals surface area contributed by atoms with Crippen molar-refractivity contribution < 1.29 is 14.3 Å². The standard InChI is InChI=1S/C14H18N2O3/c1-19-14(18)13(17)16-10-6-5-9-15(16)11-12-7-3-2-4-8-12/h2-4,7-8H,5-6,9-11H2,1H3. The zero-order valence-electron chi connectivity index (χ0n) is 11.0. The van der Waals surface area contributed by atoms with Crippen LogP contribution >= 0.6 is 0 Å². The van der Waals surface area contributed by atoms with Crippen LogP contribution in [-0.4, -0.2) is 42.1 Å². The SMILES string of the molecule is COC(=O)C(=O)N1CCCCN1Cc1ccccc1. The van der Waals surface area contributed by atoms with Crippen LogP contribution < -0.4 is 0 Å². The van der Waals surface area contributed by atoms with E-state index in [9.17, 15) is 9.59 Å². The van der Waals surface area contributed by atoms with Crippen molar-refractivity contribution in [2.75, 3.05) is 20.2 Å². The van der Waals surface area contributed by atoms with Crippen LogP contribution in [0.1, 0.15) is 18.4 Å². The Morgan fingerprint density at radius 2 is 1.84 bits per heavy atom. The molecule has 2 rings (SSSR count). The van der Waals surface area contributed by atoms with Crippen LogP contribution in [0.4, 0.5) is 0 Å². The number of ether oxygens (including phenoxy) is 1. The van der Waals surface area contributed by atoms with Gasteiger partial charge >= 0.3 is 11.9 Å². The molecule has 0 spiro atoms. The molecule has 0 aliphatic carbocycles. The molecule has 1 saturated heterocycles. The van der Waals surface area contributed by atoms with Crippen molar-refractivity contribution in [3.63, 3.8) is 0 Å². The first-order valence-corrected chi connectivity index (χ1v) is 6.41. The number of hydrogen-bond donors (Lipinski definition) is 0. The summed E-state index contributed by atoms with van der Waals surface area (Å²) in [5, 5.41) is 3.42. The molecule has 0 N–H and O–H groups in total. The van der Waals surface area contributed by atoms with E-state index in [0.29, 0.717) is 13.1 Å². The van der Waals surface area contributed by atoms with Crippen molar-refractivity contribution in [1.82, 2.24) is 10.0 Å². The summed E-state index contributed by atoms with van der Waals surface area (Å²) in [5.41, 5.74) is 1.12. The molecule has 1 aromatic rings. The van der Waals surface area contributed by atoms with Crippen molar-refractivity contribution in [3.05, 3.63) is 35.9 Å². The summed E-state index contributed by atoms with van der Waals surface area (Å²) < 4.78 is 4.51. The predicted molar refractivity (Wildman–Crippen MR) is 69.8 cm³/mol. The first kappa shape index (κ1) is 13.5. The minimum Gasteiger partial charge on any atom is -0.462 e. The van der Waals surface area contributed by atoms with Crippen LogP contribution in [0.15, 0.2) is 30.3 Å². The van der Waals surface area contributed by atoms with Crippen molar-refractivity contribution in [1.29, 1.82) is 0 Å². The summed E-state index contributed by atoms with van der Waals surface area (Å²) in [6.07, 6.45) is 1.94. The van der Waals surface area contributed by atoms with Crippen molar-refractivity contribution in [2.45, 2.75) is 19.4 Å². The molecule has 0 bridgehead atoms. The summed E-state index contributed by atoms with van der Waals surface area (Å²) >= 11 is 0. The van der Waals surface area contributed by atoms with E-state index in [-0.39, 0.29) is 0 Å². The molecule has 0 radical (unpaired) electrons. The van der Waals surface area contributed by atoms with Crippen LogP contribution in [0, 0.1) is 0 Å². The molecule has 102 valence electrons. The Bertz CT molecular complexity index is 447. The van der Waals surface area contributed by atoms with E-state index in [2.05, 4.69) is 4.74 Å². The molecular formula is C14H18N2O3. The fourth-order valence-electron chi connectivity index (χ4n) is 2.20. The Hall–Kier alpha value is -1.88. The molecule has 1 amide bonds. The van der Waals surface area contributed by atoms with Crippen LogP contribution in [-0.2, 0) is 20.9 Å². The van der Waals surface area contributed by atoms with Gasteiger partial charge in [0.25, 0.3) is 0 Å². The van der Waals surface area contributed by atoms with E-state index in [1.165, 1.54) is 12.1 Å². The molecule has 1 aromatic carbocycles. The van der Waals surface area contributed by atoms with E-state index in [1.807, 2.05) is 35.3 Å². The lowest BCUT2D eigenvalue weighted by Crippen LogP contribution is -2.52. The average Bonchev–Trinajstić information content (AvgIpc) is 2.47. The van der Waals surface area contributed by atoms with E-state index >= 15 is 0 Å². The number of hydrogen-bond acceptors (Lipinski definition) is 4. The lowest BCUT2D eigenvalue weighted by molar-refractivity contribution is -0.171. The highest BCUT2D eigenvalue weighted by molar-refractivity contribution is 6.32. The Balaban J connectivity index is 2.08. The topological polar surface area (TPSA) is 49.9 Å². The number of nitrogens with zero attached hydrogens (tertiary/aromatic N) is 2. The van der Waals surface area contributed by atoms with Crippen molar-refractivity contribution in [3.8, 4) is 0 Å². The van der Waals surface area contributed by atoms with Crippen LogP contribution in [0.2, 0.25) is 0 Å². The van der Waals surface area contributed by atoms with Gasteiger partial charge in [0, 0.05) is 19.6 Å². The predicted octanol–water partition coefficient (Wildman–Crippen LogP) is 1.20. The zero-order valence-corrected chi connectivity index (χ0v) is 11.0. The number of amides is 1. The van der Waals surface area contributed by atoms with Crippen LogP contribution in [0.25, 0.3) is 0 Å². The van der Waals surface area contributed by atoms with Gasteiger partial charge in [-0.05, 0) is 18.4 Å². The lowest BCUT2D eigenvalue weighted by atomic mass is 10.2. The van der Waals surface area contributed by atoms with Crippen LogP contribution in [0.5, 0.6) is 0 Å². The highest BCUT2D eigenvalue weighted by Crippen LogP contribution is 2.15. The smallest absolute Gasteiger partial charge is 0.398 e. The Kier molecular flexibility index (Phi) is 4.52. The largest absolute Gasteiger partial charge is 0.462 e. The summed E-state index contributed by atoms with van der Waals surface area (Å²) in [4.78, 5) is 23.3. The van der Waals surface area contributed by atoms with Gasteiger partial charge in [-0.15, -0.1) is 0 Å². The summed E-state index contributed by atoms with van der Waals surface area (Å²) in [6, 6.07) is 9.90. The zero-order chi connectivity index (χ0) is 13.7. The maximum absolute atomic E-state index is 11.9. The fraction of sp³-hybridized carbons (Fsp3) is 0.429. The van der Waals surface area contributed by atoms with E-state index in [1.54, 1.807) is 0 Å². The van der Waals surface area contributed by atoms with E-state index in [0.717, 1.165) is 24.9 Å². The number of carbonyl (C=O) groups is 2. The molecule has 1 heterocycles. The fourth-order valence-corrected chi connectivity index (χ4v) is 2.20. The van der Waals surface area contributed by atoms with Gasteiger partial charge < -0.3 is 4.74 Å². The molecule has 1 fully saturated rings. The number of carbonyl (C=O) groups excluding carboxylic acids is 2. The third-order valence-corrected chi connectivity index (χ3v) is 3.18. The maximum Gasteiger partial charge on any atom is 0.398 e. The molecule has 0 unspecified atom stereocenters. The number of rotatable bonds is 2. The van der Waals surface area contributed by atoms with Gasteiger partial charge in [0.15, 0.2) is 0 Å². The third kappa shape index (κ3) is 3.32. The molecule has 1 aliphatic heterocycles. The van der Waals surface area contributed by atoms with E-state index < -0.39 is 11.9 Å². The average molecular weight is 262 g/mol. The molecule has 5 heteroatoms. The summed E-state index contributed by atoms with van der Waals surface area (Å²) in [6.45, 7) is 1.97. The summed E-state index contributed by atoms with van der Waals surface area (Å²) in [5.74, 6) is -1.39. The van der Waals surface area contributed by atoms with Gasteiger partial charge in [-0.25, -0.2) is 9.80 Å². The van der Waals surface area contributed by atoms with Gasteiger partial charge in [0.2, 0.25) is 0 Å². The first-order valence-electron chi connectivity index (χ1n) is 6.41. The van der Waals surface area contributed by atoms with Crippen molar-refractivity contribution >= 4 is 11.9 Å². The van der Waals surface area contributed by atoms with E-state index in [4.69, 9.17) is 0 Å². The van der Waals surface area contributed by atoms with Gasteiger partial charge in [0.05, 0.1) is 7.11 Å². The molecule has 0 saturated carbocycles. The normalized spacial score (nSPS) is 16.2. The lowest BCUT2D eigenvalue weighted by Gasteiger charge is -2.37. The van der Waals surface area contributed by atoms with Gasteiger partial charge in [0.1, 0.15) is 0 Å². The van der Waals surface area contributed by atoms with Gasteiger partial charge in [-0.3, -0.25) is 9.80 Å². The number of esters is 1. The van der Waals surface area contributed by atoms with Gasteiger partial charge in [-0.1, -0.05) is 30.3 Å². The second-order valence-corrected chi connectivity index (χ2v) is 4.50. The minimum absolute atomic E-state index is 0.570. The molecule has 0 atom stereocenters. The van der Waals surface area contributed by atoms with Gasteiger partial charge in [-0.2, -0.15) is 0 Å². The Morgan fingerprint density at radius 1 is 1.16 bits per heavy atom. The maximum atomic E-state index is 11.9. The molecular weight excluding hydrogens is 244 g/mol. The quantitative estimate of drug-likeness (QED) is 0.593. The number of methoxy groups -OCH3 is 1. The highest BCUT2D eigenvalue weighted by Gasteiger charge is 2.29. The van der Waals surface area contributed by atoms with Crippen LogP contribution in [0.3, 0.4) is 0 Å².